The number of nitrogens with zero attached hydrogens (tertiary/aromatic N) is 1. The van der Waals surface area contributed by atoms with Crippen LogP contribution in [0, 0.1) is 0 Å². The van der Waals surface area contributed by atoms with E-state index in [1.165, 1.54) is 11.8 Å². The number of aliphatic hydroxyl groups is 1. The van der Waals surface area contributed by atoms with Crippen LogP contribution in [0.3, 0.4) is 0 Å². The molecule has 1 heterocycles. The lowest BCUT2D eigenvalue weighted by molar-refractivity contribution is 0.211. The first-order valence-corrected chi connectivity index (χ1v) is 7.78. The molecule has 0 amide bonds. The average molecular weight is 329 g/mol. The monoisotopic (exact) mass is 328 g/mol. The van der Waals surface area contributed by atoms with Crippen molar-refractivity contribution in [1.82, 2.24) is 4.98 Å². The summed E-state index contributed by atoms with van der Waals surface area (Å²) in [6, 6.07) is 11.4. The molecular weight excluding hydrogens is 315 g/mol. The molecule has 106 valence electrons. The Labute approximate surface area is 132 Å². The predicted octanol–water partition coefficient (Wildman–Crippen LogP) is 3.90. The maximum Gasteiger partial charge on any atom is 0.101 e. The first kappa shape index (κ1) is 15.4. The van der Waals surface area contributed by atoms with Crippen LogP contribution in [0.15, 0.2) is 52.5 Å². The molecule has 0 aliphatic rings. The summed E-state index contributed by atoms with van der Waals surface area (Å²) >= 11 is 13.3. The fourth-order valence-corrected chi connectivity index (χ4v) is 2.69. The Balaban J connectivity index is 2.02. The van der Waals surface area contributed by atoms with E-state index in [2.05, 4.69) is 10.3 Å². The Morgan fingerprint density at radius 2 is 2.15 bits per heavy atom. The molecule has 0 fully saturated rings. The minimum Gasteiger partial charge on any atom is -0.390 e. The van der Waals surface area contributed by atoms with Gasteiger partial charge in [-0.1, -0.05) is 29.4 Å². The largest absolute Gasteiger partial charge is 0.390 e. The van der Waals surface area contributed by atoms with Crippen LogP contribution in [0.4, 0.5) is 5.69 Å². The van der Waals surface area contributed by atoms with Crippen LogP contribution in [0.5, 0.6) is 0 Å². The maximum atomic E-state index is 9.40. The number of anilines is 1. The molecule has 1 aromatic carbocycles. The minimum atomic E-state index is -0.571. The quantitative estimate of drug-likeness (QED) is 0.789. The SMILES string of the molecule is OC(CCl)CNc1ccc(Sc2ccccn2)c(Cl)c1. The van der Waals surface area contributed by atoms with Gasteiger partial charge in [-0.2, -0.15) is 0 Å². The number of hydrogen-bond donors (Lipinski definition) is 2. The lowest BCUT2D eigenvalue weighted by Crippen LogP contribution is -2.20. The van der Waals surface area contributed by atoms with Crippen LogP contribution in [0.2, 0.25) is 5.02 Å². The Morgan fingerprint density at radius 1 is 1.30 bits per heavy atom. The van der Waals surface area contributed by atoms with Gasteiger partial charge in [-0.25, -0.2) is 4.98 Å². The molecular formula is C14H14Cl2N2OS. The highest BCUT2D eigenvalue weighted by atomic mass is 35.5. The molecule has 0 aliphatic heterocycles. The number of rotatable bonds is 6. The fraction of sp³-hybridized carbons (Fsp3) is 0.214. The van der Waals surface area contributed by atoms with Crippen LogP contribution in [0.1, 0.15) is 0 Å². The van der Waals surface area contributed by atoms with Crippen LogP contribution in [0.25, 0.3) is 0 Å². The van der Waals surface area contributed by atoms with Crippen LogP contribution in [-0.4, -0.2) is 28.6 Å². The number of alkyl halides is 1. The van der Waals surface area contributed by atoms with Crippen molar-refractivity contribution in [3.63, 3.8) is 0 Å². The standard InChI is InChI=1S/C14H14Cl2N2OS/c15-8-11(19)9-18-10-4-5-13(12(16)7-10)20-14-3-1-2-6-17-14/h1-7,11,18-19H,8-9H2. The van der Waals surface area contributed by atoms with Gasteiger partial charge in [-0.05, 0) is 30.3 Å². The Hall–Kier alpha value is -0.940. The topological polar surface area (TPSA) is 45.1 Å². The van der Waals surface area contributed by atoms with Gasteiger partial charge in [0.05, 0.1) is 17.0 Å². The highest BCUT2D eigenvalue weighted by molar-refractivity contribution is 7.99. The summed E-state index contributed by atoms with van der Waals surface area (Å²) in [7, 11) is 0. The minimum absolute atomic E-state index is 0.203. The zero-order chi connectivity index (χ0) is 14.4. The van der Waals surface area contributed by atoms with E-state index in [0.717, 1.165) is 15.6 Å². The third-order valence-electron chi connectivity index (χ3n) is 2.50. The van der Waals surface area contributed by atoms with Crippen LogP contribution >= 0.6 is 35.0 Å². The first-order valence-electron chi connectivity index (χ1n) is 6.05. The van der Waals surface area contributed by atoms with Crippen molar-refractivity contribution in [2.75, 3.05) is 17.7 Å². The number of aromatic nitrogens is 1. The summed E-state index contributed by atoms with van der Waals surface area (Å²) < 4.78 is 0. The van der Waals surface area contributed by atoms with Crippen molar-refractivity contribution in [3.05, 3.63) is 47.6 Å². The molecule has 0 bridgehead atoms. The number of nitrogens with one attached hydrogen (secondary N) is 1. The Bertz CT molecular complexity index is 554. The summed E-state index contributed by atoms with van der Waals surface area (Å²) in [5.41, 5.74) is 0.851. The summed E-state index contributed by atoms with van der Waals surface area (Å²) in [6.07, 6.45) is 1.18. The normalized spacial score (nSPS) is 12.2. The van der Waals surface area contributed by atoms with Crippen LogP contribution < -0.4 is 5.32 Å². The van der Waals surface area contributed by atoms with E-state index in [1.54, 1.807) is 6.20 Å². The molecule has 6 heteroatoms. The van der Waals surface area contributed by atoms with E-state index < -0.39 is 6.10 Å². The second-order valence-electron chi connectivity index (χ2n) is 4.10. The molecule has 0 aliphatic carbocycles. The third kappa shape index (κ3) is 4.56. The van der Waals surface area contributed by atoms with Gasteiger partial charge in [0.2, 0.25) is 0 Å². The van der Waals surface area contributed by atoms with Gasteiger partial charge in [0, 0.05) is 23.3 Å². The van der Waals surface area contributed by atoms with Crippen molar-refractivity contribution in [3.8, 4) is 0 Å². The number of aliphatic hydroxyl groups excluding tert-OH is 1. The molecule has 0 saturated carbocycles. The lowest BCUT2D eigenvalue weighted by atomic mass is 10.3. The molecule has 1 atom stereocenters. The van der Waals surface area contributed by atoms with E-state index in [9.17, 15) is 5.11 Å². The van der Waals surface area contributed by atoms with Gasteiger partial charge in [0.1, 0.15) is 5.03 Å². The van der Waals surface area contributed by atoms with Gasteiger partial charge < -0.3 is 10.4 Å². The smallest absolute Gasteiger partial charge is 0.101 e. The Morgan fingerprint density at radius 3 is 2.80 bits per heavy atom. The van der Waals surface area contributed by atoms with Gasteiger partial charge >= 0.3 is 0 Å². The molecule has 2 rings (SSSR count). The Kier molecular flexibility index (Phi) is 5.98. The molecule has 0 radical (unpaired) electrons. The van der Waals surface area contributed by atoms with Crippen molar-refractivity contribution in [2.24, 2.45) is 0 Å². The van der Waals surface area contributed by atoms with Gasteiger partial charge in [0.15, 0.2) is 0 Å². The number of halogens is 2. The van der Waals surface area contributed by atoms with E-state index in [4.69, 9.17) is 23.2 Å². The number of hydrogen-bond acceptors (Lipinski definition) is 4. The van der Waals surface area contributed by atoms with Crippen molar-refractivity contribution < 1.29 is 5.11 Å². The zero-order valence-corrected chi connectivity index (χ0v) is 12.9. The van der Waals surface area contributed by atoms with Crippen molar-refractivity contribution in [1.29, 1.82) is 0 Å². The summed E-state index contributed by atoms with van der Waals surface area (Å²) in [5.74, 6) is 0.203. The molecule has 3 nitrogen and oxygen atoms in total. The second-order valence-corrected chi connectivity index (χ2v) is 5.88. The molecule has 1 aromatic heterocycles. The van der Waals surface area contributed by atoms with Crippen molar-refractivity contribution >= 4 is 40.7 Å². The molecule has 1 unspecified atom stereocenters. The number of benzene rings is 1. The molecule has 20 heavy (non-hydrogen) atoms. The maximum absolute atomic E-state index is 9.40. The number of pyridine rings is 1. The molecule has 0 spiro atoms. The molecule has 0 saturated heterocycles. The van der Waals surface area contributed by atoms with Crippen molar-refractivity contribution in [2.45, 2.75) is 16.0 Å². The summed E-state index contributed by atoms with van der Waals surface area (Å²) in [4.78, 5) is 5.19. The predicted molar refractivity (Wildman–Crippen MR) is 85.0 cm³/mol. The fourth-order valence-electron chi connectivity index (χ4n) is 1.50. The van der Waals surface area contributed by atoms with E-state index in [-0.39, 0.29) is 5.88 Å². The second kappa shape index (κ2) is 7.74. The van der Waals surface area contributed by atoms with E-state index in [1.807, 2.05) is 36.4 Å². The van der Waals surface area contributed by atoms with Gasteiger partial charge in [-0.3, -0.25) is 0 Å². The zero-order valence-electron chi connectivity index (χ0n) is 10.6. The lowest BCUT2D eigenvalue weighted by Gasteiger charge is -2.11. The third-order valence-corrected chi connectivity index (χ3v) is 4.31. The molecule has 2 aromatic rings. The van der Waals surface area contributed by atoms with Crippen LogP contribution in [-0.2, 0) is 0 Å². The van der Waals surface area contributed by atoms with Gasteiger partial charge in [0.25, 0.3) is 0 Å². The molecule has 2 N–H and O–H groups in total. The highest BCUT2D eigenvalue weighted by Gasteiger charge is 2.06. The average Bonchev–Trinajstić information content (AvgIpc) is 2.48. The summed E-state index contributed by atoms with van der Waals surface area (Å²) in [6.45, 7) is 0.395. The highest BCUT2D eigenvalue weighted by Crippen LogP contribution is 2.33. The summed E-state index contributed by atoms with van der Waals surface area (Å²) in [5, 5.41) is 14.0. The van der Waals surface area contributed by atoms with Gasteiger partial charge in [-0.15, -0.1) is 11.6 Å². The first-order chi connectivity index (χ1) is 9.69. The van der Waals surface area contributed by atoms with E-state index in [0.29, 0.717) is 11.6 Å². The van der Waals surface area contributed by atoms with E-state index >= 15 is 0 Å².